The van der Waals surface area contributed by atoms with Gasteiger partial charge in [0.05, 0.1) is 11.4 Å². The Morgan fingerprint density at radius 2 is 1.80 bits per heavy atom. The number of anilines is 2. The molecule has 0 atom stereocenters. The number of nitrogens with two attached hydrogens (primary N) is 1. The number of hydrogen-bond donors (Lipinski definition) is 1. The molecule has 4 nitrogen and oxygen atoms in total. The van der Waals surface area contributed by atoms with Crippen molar-refractivity contribution in [3.8, 4) is 0 Å². The molecule has 2 N–H and O–H groups in total. The van der Waals surface area contributed by atoms with E-state index >= 15 is 0 Å². The van der Waals surface area contributed by atoms with Gasteiger partial charge in [-0.1, -0.05) is 29.8 Å². The fraction of sp³-hybridized carbons (Fsp3) is 0.0769. The molecule has 7 heteroatoms. The minimum absolute atomic E-state index is 0.0592. The number of para-hydroxylation sites is 1. The standard InChI is InChI=1S/C13H12ClFN2O2S/c1-17(10-5-3-2-4-6-10)20(18,19)12-8-9(14)7-11(16)13(12)15/h2-8H,16H2,1H3. The molecular weight excluding hydrogens is 303 g/mol. The van der Waals surface area contributed by atoms with Gasteiger partial charge in [-0.05, 0) is 24.3 Å². The lowest BCUT2D eigenvalue weighted by atomic mass is 10.3. The maximum Gasteiger partial charge on any atom is 0.267 e. The summed E-state index contributed by atoms with van der Waals surface area (Å²) in [7, 11) is -2.74. The quantitative estimate of drug-likeness (QED) is 0.886. The predicted molar refractivity (Wildman–Crippen MR) is 77.9 cm³/mol. The number of rotatable bonds is 3. The Kier molecular flexibility index (Phi) is 3.87. The second-order valence-electron chi connectivity index (χ2n) is 4.12. The van der Waals surface area contributed by atoms with Crippen molar-refractivity contribution >= 4 is 33.0 Å². The molecule has 0 radical (unpaired) electrons. The Morgan fingerprint density at radius 1 is 1.20 bits per heavy atom. The molecule has 106 valence electrons. The van der Waals surface area contributed by atoms with Gasteiger partial charge in [0.1, 0.15) is 4.90 Å². The first-order valence-corrected chi connectivity index (χ1v) is 7.44. The number of halogens is 2. The molecule has 20 heavy (non-hydrogen) atoms. The van der Waals surface area contributed by atoms with E-state index in [0.29, 0.717) is 5.69 Å². The zero-order chi connectivity index (χ0) is 14.9. The molecule has 0 saturated heterocycles. The largest absolute Gasteiger partial charge is 0.396 e. The summed E-state index contributed by atoms with van der Waals surface area (Å²) in [5.41, 5.74) is 5.51. The average Bonchev–Trinajstić information content (AvgIpc) is 2.42. The lowest BCUT2D eigenvalue weighted by molar-refractivity contribution is 0.568. The van der Waals surface area contributed by atoms with E-state index in [-0.39, 0.29) is 10.7 Å². The summed E-state index contributed by atoms with van der Waals surface area (Å²) in [5, 5.41) is 0.0592. The number of sulfonamides is 1. The van der Waals surface area contributed by atoms with E-state index in [2.05, 4.69) is 0 Å². The lowest BCUT2D eigenvalue weighted by Gasteiger charge is -2.20. The zero-order valence-electron chi connectivity index (χ0n) is 10.5. The molecule has 0 saturated carbocycles. The maximum atomic E-state index is 14.0. The fourth-order valence-electron chi connectivity index (χ4n) is 1.70. The molecule has 2 aromatic rings. The van der Waals surface area contributed by atoms with E-state index in [0.717, 1.165) is 10.4 Å². The van der Waals surface area contributed by atoms with Crippen LogP contribution in [0.2, 0.25) is 5.02 Å². The Morgan fingerprint density at radius 3 is 2.40 bits per heavy atom. The van der Waals surface area contributed by atoms with Crippen LogP contribution in [0.25, 0.3) is 0 Å². The summed E-state index contributed by atoms with van der Waals surface area (Å²) in [6.45, 7) is 0. The molecule has 0 aromatic heterocycles. The average molecular weight is 315 g/mol. The van der Waals surface area contributed by atoms with E-state index in [1.54, 1.807) is 30.3 Å². The highest BCUT2D eigenvalue weighted by Crippen LogP contribution is 2.29. The summed E-state index contributed by atoms with van der Waals surface area (Å²) in [6, 6.07) is 10.5. The molecule has 0 bridgehead atoms. The van der Waals surface area contributed by atoms with Crippen LogP contribution >= 0.6 is 11.6 Å². The van der Waals surface area contributed by atoms with Crippen LogP contribution in [0, 0.1) is 5.82 Å². The van der Waals surface area contributed by atoms with Gasteiger partial charge in [-0.15, -0.1) is 0 Å². The van der Waals surface area contributed by atoms with Gasteiger partial charge in [-0.25, -0.2) is 12.8 Å². The highest BCUT2D eigenvalue weighted by Gasteiger charge is 2.26. The van der Waals surface area contributed by atoms with E-state index in [4.69, 9.17) is 17.3 Å². The number of hydrogen-bond acceptors (Lipinski definition) is 3. The van der Waals surface area contributed by atoms with E-state index in [1.165, 1.54) is 13.1 Å². The van der Waals surface area contributed by atoms with Crippen LogP contribution in [0.5, 0.6) is 0 Å². The second-order valence-corrected chi connectivity index (χ2v) is 6.49. The third-order valence-electron chi connectivity index (χ3n) is 2.79. The zero-order valence-corrected chi connectivity index (χ0v) is 12.1. The van der Waals surface area contributed by atoms with Crippen LogP contribution in [0.1, 0.15) is 0 Å². The third kappa shape index (κ3) is 2.57. The highest BCUT2D eigenvalue weighted by molar-refractivity contribution is 7.92. The van der Waals surface area contributed by atoms with Crippen molar-refractivity contribution in [1.82, 2.24) is 0 Å². The molecule has 2 rings (SSSR count). The Hall–Kier alpha value is -1.79. The van der Waals surface area contributed by atoms with Crippen molar-refractivity contribution in [3.05, 3.63) is 53.3 Å². The van der Waals surface area contributed by atoms with Gasteiger partial charge in [-0.3, -0.25) is 4.31 Å². The summed E-state index contributed by atoms with van der Waals surface area (Å²) in [6.07, 6.45) is 0. The normalized spacial score (nSPS) is 11.3. The van der Waals surface area contributed by atoms with Gasteiger partial charge in [0.15, 0.2) is 5.82 Å². The predicted octanol–water partition coefficient (Wildman–Crippen LogP) is 2.89. The SMILES string of the molecule is CN(c1ccccc1)S(=O)(=O)c1cc(Cl)cc(N)c1F. The van der Waals surface area contributed by atoms with Gasteiger partial charge in [0.2, 0.25) is 0 Å². The minimum atomic E-state index is -4.07. The van der Waals surface area contributed by atoms with Crippen LogP contribution in [-0.2, 0) is 10.0 Å². The van der Waals surface area contributed by atoms with Crippen molar-refractivity contribution in [2.24, 2.45) is 0 Å². The molecule has 0 aliphatic carbocycles. The summed E-state index contributed by atoms with van der Waals surface area (Å²) in [4.78, 5) is -0.547. The molecule has 0 aliphatic heterocycles. The van der Waals surface area contributed by atoms with E-state index in [1.807, 2.05) is 0 Å². The number of nitrogens with zero attached hydrogens (tertiary/aromatic N) is 1. The van der Waals surface area contributed by atoms with Crippen molar-refractivity contribution in [2.75, 3.05) is 17.1 Å². The molecule has 0 spiro atoms. The van der Waals surface area contributed by atoms with Gasteiger partial charge in [0.25, 0.3) is 10.0 Å². The molecule has 0 unspecified atom stereocenters. The Labute approximate surface area is 121 Å². The van der Waals surface area contributed by atoms with Gasteiger partial charge >= 0.3 is 0 Å². The number of nitrogen functional groups attached to an aromatic ring is 1. The fourth-order valence-corrected chi connectivity index (χ4v) is 3.30. The molecule has 0 fully saturated rings. The minimum Gasteiger partial charge on any atom is -0.396 e. The molecule has 2 aromatic carbocycles. The Bertz CT molecular complexity index is 736. The van der Waals surface area contributed by atoms with Crippen LogP contribution < -0.4 is 10.0 Å². The van der Waals surface area contributed by atoms with Crippen molar-refractivity contribution in [2.45, 2.75) is 4.90 Å². The lowest BCUT2D eigenvalue weighted by Crippen LogP contribution is -2.27. The summed E-state index contributed by atoms with van der Waals surface area (Å²) < 4.78 is 39.8. The van der Waals surface area contributed by atoms with Gasteiger partial charge in [-0.2, -0.15) is 0 Å². The van der Waals surface area contributed by atoms with Crippen LogP contribution in [0.3, 0.4) is 0 Å². The second kappa shape index (κ2) is 5.30. The van der Waals surface area contributed by atoms with Crippen LogP contribution in [0.4, 0.5) is 15.8 Å². The van der Waals surface area contributed by atoms with Crippen LogP contribution in [-0.4, -0.2) is 15.5 Å². The number of benzene rings is 2. The molecule has 0 aliphatic rings. The summed E-state index contributed by atoms with van der Waals surface area (Å²) >= 11 is 5.75. The Balaban J connectivity index is 2.57. The third-order valence-corrected chi connectivity index (χ3v) is 4.79. The van der Waals surface area contributed by atoms with Crippen molar-refractivity contribution in [1.29, 1.82) is 0 Å². The van der Waals surface area contributed by atoms with Crippen molar-refractivity contribution < 1.29 is 12.8 Å². The highest BCUT2D eigenvalue weighted by atomic mass is 35.5. The van der Waals surface area contributed by atoms with Crippen molar-refractivity contribution in [3.63, 3.8) is 0 Å². The van der Waals surface area contributed by atoms with Gasteiger partial charge in [0, 0.05) is 12.1 Å². The van der Waals surface area contributed by atoms with Crippen LogP contribution in [0.15, 0.2) is 47.4 Å². The first-order chi connectivity index (χ1) is 9.34. The topological polar surface area (TPSA) is 63.4 Å². The first kappa shape index (κ1) is 14.6. The monoisotopic (exact) mass is 314 g/mol. The van der Waals surface area contributed by atoms with E-state index in [9.17, 15) is 12.8 Å². The van der Waals surface area contributed by atoms with E-state index < -0.39 is 20.7 Å². The molecular formula is C13H12ClFN2O2S. The molecule has 0 heterocycles. The smallest absolute Gasteiger partial charge is 0.267 e. The maximum absolute atomic E-state index is 14.0. The van der Waals surface area contributed by atoms with Gasteiger partial charge < -0.3 is 5.73 Å². The summed E-state index contributed by atoms with van der Waals surface area (Å²) in [5.74, 6) is -1.00. The molecule has 0 amide bonds. The first-order valence-electron chi connectivity index (χ1n) is 5.62.